The minimum Gasteiger partial charge on any atom is -0.460 e. The molecule has 0 fully saturated rings. The monoisotopic (exact) mass is 349 g/mol. The molecule has 0 bridgehead atoms. The first-order valence-electron chi connectivity index (χ1n) is 6.31. The smallest absolute Gasteiger partial charge is 0.135 e. The first-order valence-corrected chi connectivity index (χ1v) is 7.07. The predicted molar refractivity (Wildman–Crippen MR) is 89.4 cm³/mol. The number of benzene rings is 1. The lowest BCUT2D eigenvalue weighted by Gasteiger charge is -2.22. The van der Waals surface area contributed by atoms with E-state index >= 15 is 0 Å². The first-order chi connectivity index (χ1) is 9.41. The number of rotatable bonds is 5. The maximum Gasteiger partial charge on any atom is 0.135 e. The fourth-order valence-corrected chi connectivity index (χ4v) is 2.19. The van der Waals surface area contributed by atoms with Crippen molar-refractivity contribution in [2.24, 2.45) is 0 Å². The maximum absolute atomic E-state index is 9.19. The van der Waals surface area contributed by atoms with E-state index < -0.39 is 0 Å². The lowest BCUT2D eigenvalue weighted by Crippen LogP contribution is -2.41. The molecule has 116 valence electrons. The Morgan fingerprint density at radius 2 is 1.90 bits per heavy atom. The first kappa shape index (κ1) is 18.3. The maximum atomic E-state index is 9.19. The van der Waals surface area contributed by atoms with Gasteiger partial charge in [0, 0.05) is 16.1 Å². The van der Waals surface area contributed by atoms with Crippen molar-refractivity contribution in [3.8, 4) is 11.3 Å². The minimum absolute atomic E-state index is 0. The highest BCUT2D eigenvalue weighted by Crippen LogP contribution is 2.31. The van der Waals surface area contributed by atoms with Gasteiger partial charge in [0.2, 0.25) is 0 Å². The molecule has 0 radical (unpaired) electrons. The standard InChI is InChI=1S/C15H17Cl2NO2.ClH/c1-15(2,9-19)18-8-11-4-6-14(20-11)12-5-3-10(16)7-13(12)17;/h3-7,18-19H,8-9H2,1-2H3;1H. The van der Waals surface area contributed by atoms with Gasteiger partial charge in [0.1, 0.15) is 11.5 Å². The summed E-state index contributed by atoms with van der Waals surface area (Å²) in [5.41, 5.74) is 0.467. The molecule has 0 unspecified atom stereocenters. The van der Waals surface area contributed by atoms with Gasteiger partial charge in [0.25, 0.3) is 0 Å². The summed E-state index contributed by atoms with van der Waals surface area (Å²) in [4.78, 5) is 0. The molecule has 1 aromatic heterocycles. The zero-order valence-corrected chi connectivity index (χ0v) is 14.1. The average molecular weight is 351 g/mol. The van der Waals surface area contributed by atoms with Crippen LogP contribution in [0.3, 0.4) is 0 Å². The number of furan rings is 1. The van der Waals surface area contributed by atoms with Crippen LogP contribution in [0.2, 0.25) is 10.0 Å². The van der Waals surface area contributed by atoms with Gasteiger partial charge in [-0.15, -0.1) is 12.4 Å². The minimum atomic E-state index is -0.342. The summed E-state index contributed by atoms with van der Waals surface area (Å²) in [5.74, 6) is 1.48. The summed E-state index contributed by atoms with van der Waals surface area (Å²) in [6.07, 6.45) is 0. The Balaban J connectivity index is 0.00000220. The van der Waals surface area contributed by atoms with Crippen LogP contribution in [-0.4, -0.2) is 17.3 Å². The van der Waals surface area contributed by atoms with Crippen molar-refractivity contribution in [3.63, 3.8) is 0 Å². The largest absolute Gasteiger partial charge is 0.460 e. The molecule has 0 saturated carbocycles. The molecule has 0 amide bonds. The van der Waals surface area contributed by atoms with E-state index in [0.29, 0.717) is 22.4 Å². The Morgan fingerprint density at radius 1 is 1.19 bits per heavy atom. The number of halogens is 3. The molecule has 0 aliphatic carbocycles. The Hall–Kier alpha value is -0.710. The van der Waals surface area contributed by atoms with Gasteiger partial charge in [0.15, 0.2) is 0 Å². The van der Waals surface area contributed by atoms with Crippen LogP contribution in [0.1, 0.15) is 19.6 Å². The second-order valence-corrected chi connectivity index (χ2v) is 6.13. The van der Waals surface area contributed by atoms with Crippen LogP contribution in [0.25, 0.3) is 11.3 Å². The van der Waals surface area contributed by atoms with Crippen molar-refractivity contribution < 1.29 is 9.52 Å². The molecule has 2 N–H and O–H groups in total. The second-order valence-electron chi connectivity index (χ2n) is 5.29. The van der Waals surface area contributed by atoms with Gasteiger partial charge in [-0.05, 0) is 44.2 Å². The van der Waals surface area contributed by atoms with E-state index in [2.05, 4.69) is 5.32 Å². The summed E-state index contributed by atoms with van der Waals surface area (Å²) >= 11 is 12.0. The predicted octanol–water partition coefficient (Wildman–Crippen LogP) is 4.54. The Labute approximate surface area is 140 Å². The third-order valence-electron chi connectivity index (χ3n) is 2.99. The molecule has 0 aliphatic heterocycles. The lowest BCUT2D eigenvalue weighted by molar-refractivity contribution is 0.184. The van der Waals surface area contributed by atoms with Crippen LogP contribution < -0.4 is 5.32 Å². The molecule has 3 nitrogen and oxygen atoms in total. The molecule has 6 heteroatoms. The van der Waals surface area contributed by atoms with E-state index in [9.17, 15) is 5.11 Å². The third-order valence-corrected chi connectivity index (χ3v) is 3.54. The van der Waals surface area contributed by atoms with Crippen molar-refractivity contribution in [1.82, 2.24) is 5.32 Å². The molecular weight excluding hydrogens is 333 g/mol. The summed E-state index contributed by atoms with van der Waals surface area (Å²) in [6, 6.07) is 9.06. The van der Waals surface area contributed by atoms with Crippen molar-refractivity contribution in [3.05, 3.63) is 46.1 Å². The fraction of sp³-hybridized carbons (Fsp3) is 0.333. The van der Waals surface area contributed by atoms with E-state index in [1.807, 2.05) is 32.0 Å². The zero-order chi connectivity index (χ0) is 14.8. The molecule has 21 heavy (non-hydrogen) atoms. The van der Waals surface area contributed by atoms with Crippen molar-refractivity contribution in [2.45, 2.75) is 25.9 Å². The SMILES string of the molecule is CC(C)(CO)NCc1ccc(-c2ccc(Cl)cc2Cl)o1.Cl. The van der Waals surface area contributed by atoms with Gasteiger partial charge in [-0.1, -0.05) is 23.2 Å². The molecule has 0 atom stereocenters. The van der Waals surface area contributed by atoms with Crippen LogP contribution in [0.5, 0.6) is 0 Å². The molecule has 0 saturated heterocycles. The number of aliphatic hydroxyl groups is 1. The van der Waals surface area contributed by atoms with Crippen LogP contribution >= 0.6 is 35.6 Å². The van der Waals surface area contributed by atoms with E-state index in [-0.39, 0.29) is 24.6 Å². The van der Waals surface area contributed by atoms with Crippen molar-refractivity contribution in [2.75, 3.05) is 6.61 Å². The van der Waals surface area contributed by atoms with Crippen molar-refractivity contribution >= 4 is 35.6 Å². The normalized spacial score (nSPS) is 11.3. The van der Waals surface area contributed by atoms with E-state index in [1.165, 1.54) is 0 Å². The molecule has 0 spiro atoms. The van der Waals surface area contributed by atoms with Crippen LogP contribution in [-0.2, 0) is 6.54 Å². The van der Waals surface area contributed by atoms with Gasteiger partial charge in [-0.2, -0.15) is 0 Å². The fourth-order valence-electron chi connectivity index (χ4n) is 1.69. The molecule has 1 aromatic carbocycles. The number of nitrogens with one attached hydrogen (secondary N) is 1. The van der Waals surface area contributed by atoms with E-state index in [1.54, 1.807) is 12.1 Å². The van der Waals surface area contributed by atoms with E-state index in [4.69, 9.17) is 27.6 Å². The van der Waals surface area contributed by atoms with Gasteiger partial charge in [-0.3, -0.25) is 0 Å². The highest BCUT2D eigenvalue weighted by molar-refractivity contribution is 6.36. The molecule has 1 heterocycles. The lowest BCUT2D eigenvalue weighted by atomic mass is 10.1. The third kappa shape index (κ3) is 4.90. The number of aliphatic hydroxyl groups excluding tert-OH is 1. The number of hydrogen-bond acceptors (Lipinski definition) is 3. The summed E-state index contributed by atoms with van der Waals surface area (Å²) < 4.78 is 5.76. The molecule has 2 rings (SSSR count). The van der Waals surface area contributed by atoms with Crippen LogP contribution in [0.15, 0.2) is 34.7 Å². The topological polar surface area (TPSA) is 45.4 Å². The molecular formula is C15H18Cl3NO2. The summed E-state index contributed by atoms with van der Waals surface area (Å²) in [5, 5.41) is 13.6. The van der Waals surface area contributed by atoms with Crippen molar-refractivity contribution in [1.29, 1.82) is 0 Å². The Morgan fingerprint density at radius 3 is 2.52 bits per heavy atom. The van der Waals surface area contributed by atoms with Gasteiger partial charge in [-0.25, -0.2) is 0 Å². The quantitative estimate of drug-likeness (QED) is 0.832. The molecule has 0 aliphatic rings. The highest BCUT2D eigenvalue weighted by atomic mass is 35.5. The average Bonchev–Trinajstić information content (AvgIpc) is 2.85. The summed E-state index contributed by atoms with van der Waals surface area (Å²) in [7, 11) is 0. The Kier molecular flexibility index (Phi) is 6.57. The van der Waals surface area contributed by atoms with Gasteiger partial charge >= 0.3 is 0 Å². The van der Waals surface area contributed by atoms with Gasteiger partial charge < -0.3 is 14.8 Å². The molecule has 2 aromatic rings. The zero-order valence-electron chi connectivity index (χ0n) is 11.8. The number of hydrogen-bond donors (Lipinski definition) is 2. The van der Waals surface area contributed by atoms with Crippen LogP contribution in [0.4, 0.5) is 0 Å². The Bertz CT molecular complexity index is 596. The van der Waals surface area contributed by atoms with Crippen LogP contribution in [0, 0.1) is 0 Å². The highest BCUT2D eigenvalue weighted by Gasteiger charge is 2.16. The second kappa shape index (κ2) is 7.52. The van der Waals surface area contributed by atoms with E-state index in [0.717, 1.165) is 11.3 Å². The summed E-state index contributed by atoms with van der Waals surface area (Å²) in [6.45, 7) is 4.45. The van der Waals surface area contributed by atoms with Gasteiger partial charge in [0.05, 0.1) is 18.2 Å².